The zero-order valence-corrected chi connectivity index (χ0v) is 15.1. The molecule has 1 fully saturated rings. The molecule has 7 heteroatoms. The van der Waals surface area contributed by atoms with Gasteiger partial charge >= 0.3 is 0 Å². The first-order valence-electron chi connectivity index (χ1n) is 8.96. The average molecular weight is 373 g/mol. The molecule has 0 radical (unpaired) electrons. The number of nitrogens with zero attached hydrogens (tertiary/aromatic N) is 5. The summed E-state index contributed by atoms with van der Waals surface area (Å²) in [5.41, 5.74) is 2.42. The van der Waals surface area contributed by atoms with Crippen molar-refractivity contribution in [2.45, 2.75) is 6.10 Å². The van der Waals surface area contributed by atoms with Crippen LogP contribution in [0.25, 0.3) is 0 Å². The summed E-state index contributed by atoms with van der Waals surface area (Å²) in [5.74, 6) is 0.953. The Morgan fingerprint density at radius 3 is 2.75 bits per heavy atom. The van der Waals surface area contributed by atoms with Crippen LogP contribution in [0.4, 0.5) is 11.5 Å². The highest BCUT2D eigenvalue weighted by atomic mass is 16.5. The molecule has 1 aliphatic heterocycles. The van der Waals surface area contributed by atoms with Crippen molar-refractivity contribution in [3.8, 4) is 11.8 Å². The third-order valence-electron chi connectivity index (χ3n) is 4.59. The molecule has 28 heavy (non-hydrogen) atoms. The second-order valence-electron chi connectivity index (χ2n) is 6.41. The molecule has 140 valence electrons. The van der Waals surface area contributed by atoms with E-state index in [1.54, 1.807) is 30.5 Å². The SMILES string of the molecule is N#Cc1ccc(N(c2ccncn2)N2CCOC(c3cccc(O)c3)C2)cc1. The van der Waals surface area contributed by atoms with Crippen LogP contribution in [0.15, 0.2) is 67.1 Å². The molecule has 2 heterocycles. The van der Waals surface area contributed by atoms with E-state index in [-0.39, 0.29) is 11.9 Å². The molecule has 1 unspecified atom stereocenters. The molecule has 0 spiro atoms. The number of hydrogen-bond acceptors (Lipinski definition) is 7. The van der Waals surface area contributed by atoms with Gasteiger partial charge in [0.1, 0.15) is 12.1 Å². The highest BCUT2D eigenvalue weighted by Crippen LogP contribution is 2.31. The van der Waals surface area contributed by atoms with Gasteiger partial charge in [0.15, 0.2) is 5.82 Å². The highest BCUT2D eigenvalue weighted by Gasteiger charge is 2.28. The number of morpholine rings is 1. The standard InChI is InChI=1S/C21H19N5O2/c22-13-16-4-6-18(7-5-16)26(21-8-9-23-15-24-21)25-10-11-28-20(14-25)17-2-1-3-19(27)12-17/h1-9,12,15,20,27H,10-11,14H2. The Morgan fingerprint density at radius 2 is 2.04 bits per heavy atom. The van der Waals surface area contributed by atoms with Crippen LogP contribution in [0.3, 0.4) is 0 Å². The predicted molar refractivity (Wildman–Crippen MR) is 104 cm³/mol. The summed E-state index contributed by atoms with van der Waals surface area (Å²) >= 11 is 0. The number of aromatic nitrogens is 2. The van der Waals surface area contributed by atoms with Crippen molar-refractivity contribution < 1.29 is 9.84 Å². The van der Waals surface area contributed by atoms with Crippen molar-refractivity contribution in [3.05, 3.63) is 78.2 Å². The van der Waals surface area contributed by atoms with Crippen LogP contribution in [0.1, 0.15) is 17.2 Å². The van der Waals surface area contributed by atoms with Gasteiger partial charge in [0.05, 0.1) is 30.0 Å². The number of aromatic hydroxyl groups is 1. The fourth-order valence-corrected chi connectivity index (χ4v) is 3.27. The largest absolute Gasteiger partial charge is 0.508 e. The topological polar surface area (TPSA) is 85.5 Å². The van der Waals surface area contributed by atoms with Gasteiger partial charge in [0.25, 0.3) is 0 Å². The number of benzene rings is 2. The summed E-state index contributed by atoms with van der Waals surface area (Å²) in [5, 5.41) is 23.1. The molecule has 4 rings (SSSR count). The molecular formula is C21H19N5O2. The number of rotatable bonds is 4. The lowest BCUT2D eigenvalue weighted by Crippen LogP contribution is -2.48. The molecule has 1 atom stereocenters. The van der Waals surface area contributed by atoms with Crippen LogP contribution < -0.4 is 5.01 Å². The van der Waals surface area contributed by atoms with Gasteiger partial charge < -0.3 is 9.84 Å². The van der Waals surface area contributed by atoms with Gasteiger partial charge in [-0.2, -0.15) is 5.26 Å². The van der Waals surface area contributed by atoms with Gasteiger partial charge in [-0.1, -0.05) is 12.1 Å². The Balaban J connectivity index is 1.66. The monoisotopic (exact) mass is 373 g/mol. The normalized spacial score (nSPS) is 17.0. The first-order chi connectivity index (χ1) is 13.7. The Hall–Kier alpha value is -3.47. The van der Waals surface area contributed by atoms with Crippen LogP contribution in [-0.4, -0.2) is 39.8 Å². The van der Waals surface area contributed by atoms with Crippen molar-refractivity contribution in [2.24, 2.45) is 0 Å². The Bertz CT molecular complexity index is 972. The van der Waals surface area contributed by atoms with Crippen LogP contribution in [0, 0.1) is 11.3 Å². The fourth-order valence-electron chi connectivity index (χ4n) is 3.27. The van der Waals surface area contributed by atoms with Crippen LogP contribution >= 0.6 is 0 Å². The first kappa shape index (κ1) is 17.9. The lowest BCUT2D eigenvalue weighted by atomic mass is 10.1. The maximum absolute atomic E-state index is 9.80. The van der Waals surface area contributed by atoms with Crippen molar-refractivity contribution in [1.29, 1.82) is 5.26 Å². The number of nitriles is 1. The predicted octanol–water partition coefficient (Wildman–Crippen LogP) is 3.18. The molecule has 3 aromatic rings. The van der Waals surface area contributed by atoms with Crippen molar-refractivity contribution in [2.75, 3.05) is 24.7 Å². The van der Waals surface area contributed by atoms with Crippen LogP contribution in [-0.2, 0) is 4.74 Å². The molecule has 0 aliphatic carbocycles. The summed E-state index contributed by atoms with van der Waals surface area (Å²) in [4.78, 5) is 8.43. The third-order valence-corrected chi connectivity index (χ3v) is 4.59. The van der Waals surface area contributed by atoms with E-state index in [0.29, 0.717) is 25.3 Å². The minimum absolute atomic E-state index is 0.177. The number of hydrogen-bond donors (Lipinski definition) is 1. The molecule has 1 N–H and O–H groups in total. The third kappa shape index (κ3) is 3.78. The smallest absolute Gasteiger partial charge is 0.151 e. The number of phenols is 1. The second-order valence-corrected chi connectivity index (χ2v) is 6.41. The second kappa shape index (κ2) is 8.05. The molecule has 7 nitrogen and oxygen atoms in total. The summed E-state index contributed by atoms with van der Waals surface area (Å²) in [6, 6.07) is 18.5. The maximum atomic E-state index is 9.80. The van der Waals surface area contributed by atoms with Gasteiger partial charge in [-0.15, -0.1) is 0 Å². The van der Waals surface area contributed by atoms with Crippen LogP contribution in [0.2, 0.25) is 0 Å². The lowest BCUT2D eigenvalue weighted by molar-refractivity contribution is -0.0304. The number of anilines is 2. The van der Waals surface area contributed by atoms with Crippen molar-refractivity contribution in [3.63, 3.8) is 0 Å². The first-order valence-corrected chi connectivity index (χ1v) is 8.96. The zero-order chi connectivity index (χ0) is 19.3. The van der Waals surface area contributed by atoms with E-state index in [9.17, 15) is 5.11 Å². The van der Waals surface area contributed by atoms with E-state index in [2.05, 4.69) is 21.0 Å². The van der Waals surface area contributed by atoms with Gasteiger partial charge in [-0.05, 0) is 42.0 Å². The summed E-state index contributed by atoms with van der Waals surface area (Å²) in [6.45, 7) is 1.81. The minimum Gasteiger partial charge on any atom is -0.508 e. The molecule has 0 bridgehead atoms. The molecule has 0 amide bonds. The summed E-state index contributed by atoms with van der Waals surface area (Å²) in [6.07, 6.45) is 3.04. The van der Waals surface area contributed by atoms with Crippen molar-refractivity contribution >= 4 is 11.5 Å². The molecule has 1 saturated heterocycles. The number of ether oxygens (including phenoxy) is 1. The fraction of sp³-hybridized carbons (Fsp3) is 0.190. The molecule has 1 aliphatic rings. The quantitative estimate of drug-likeness (QED) is 0.752. The maximum Gasteiger partial charge on any atom is 0.151 e. The minimum atomic E-state index is -0.177. The van der Waals surface area contributed by atoms with Gasteiger partial charge in [-0.25, -0.2) is 15.0 Å². The Labute approximate surface area is 163 Å². The Morgan fingerprint density at radius 1 is 1.18 bits per heavy atom. The van der Waals surface area contributed by atoms with E-state index < -0.39 is 0 Å². The summed E-state index contributed by atoms with van der Waals surface area (Å²) < 4.78 is 5.95. The average Bonchev–Trinajstić information content (AvgIpc) is 2.75. The number of phenolic OH excluding ortho intramolecular Hbond substituents is 1. The lowest BCUT2D eigenvalue weighted by Gasteiger charge is -2.41. The van der Waals surface area contributed by atoms with Gasteiger partial charge in [0, 0.05) is 25.4 Å². The summed E-state index contributed by atoms with van der Waals surface area (Å²) in [7, 11) is 0. The zero-order valence-electron chi connectivity index (χ0n) is 15.1. The van der Waals surface area contributed by atoms with E-state index in [1.165, 1.54) is 6.33 Å². The van der Waals surface area contributed by atoms with E-state index in [0.717, 1.165) is 17.1 Å². The highest BCUT2D eigenvalue weighted by molar-refractivity contribution is 5.59. The van der Waals surface area contributed by atoms with E-state index >= 15 is 0 Å². The van der Waals surface area contributed by atoms with Crippen LogP contribution in [0.5, 0.6) is 5.75 Å². The Kier molecular flexibility index (Phi) is 5.15. The molecule has 0 saturated carbocycles. The van der Waals surface area contributed by atoms with E-state index in [1.807, 2.05) is 35.3 Å². The van der Waals surface area contributed by atoms with Gasteiger partial charge in [0.2, 0.25) is 0 Å². The molecule has 1 aromatic heterocycles. The van der Waals surface area contributed by atoms with Gasteiger partial charge in [-0.3, -0.25) is 5.01 Å². The number of hydrazine groups is 1. The van der Waals surface area contributed by atoms with E-state index in [4.69, 9.17) is 10.00 Å². The molecule has 2 aromatic carbocycles. The van der Waals surface area contributed by atoms with Crippen molar-refractivity contribution in [1.82, 2.24) is 15.0 Å². The molecular weight excluding hydrogens is 354 g/mol.